The smallest absolute Gasteiger partial charge is 0.263 e. The fourth-order valence-corrected chi connectivity index (χ4v) is 4.18. The Hall–Kier alpha value is -1.88. The third-order valence-corrected chi connectivity index (χ3v) is 5.95. The molecule has 7 nitrogen and oxygen atoms in total. The third kappa shape index (κ3) is 6.31. The molecule has 2 N–H and O–H groups in total. The summed E-state index contributed by atoms with van der Waals surface area (Å²) in [6.07, 6.45) is 1.10. The molecule has 1 atom stereocenters. The van der Waals surface area contributed by atoms with Crippen molar-refractivity contribution in [3.8, 4) is 5.75 Å². The van der Waals surface area contributed by atoms with Gasteiger partial charge in [0.1, 0.15) is 10.6 Å². The van der Waals surface area contributed by atoms with Crippen molar-refractivity contribution in [3.05, 3.63) is 45.9 Å². The highest BCUT2D eigenvalue weighted by Gasteiger charge is 2.26. The number of carbonyl (C=O) groups excluding carboxylic acids is 1. The number of thiazole rings is 1. The van der Waals surface area contributed by atoms with E-state index in [4.69, 9.17) is 9.73 Å². The topological polar surface area (TPSA) is 78.8 Å². The standard InChI is InChI=1S/C21H29N5O2S.HI/c1-4-22-21(24-11-10-23-20(27)19-15(2)25-14-29-19)26-12-9-17(13-26)16-5-7-18(28-3)8-6-16;/h5-8,14,17H,4,9-13H2,1-3H3,(H,22,24)(H,23,27);1H. The summed E-state index contributed by atoms with van der Waals surface area (Å²) in [5.74, 6) is 2.20. The van der Waals surface area contributed by atoms with Gasteiger partial charge >= 0.3 is 0 Å². The second-order valence-corrected chi connectivity index (χ2v) is 7.82. The first-order valence-corrected chi connectivity index (χ1v) is 10.9. The Bertz CT molecular complexity index is 840. The highest BCUT2D eigenvalue weighted by atomic mass is 127. The molecule has 2 aromatic rings. The Labute approximate surface area is 199 Å². The van der Waals surface area contributed by atoms with Crippen LogP contribution in [0.25, 0.3) is 0 Å². The number of halogens is 1. The minimum Gasteiger partial charge on any atom is -0.497 e. The Balaban J connectivity index is 0.00000320. The number of hydrogen-bond acceptors (Lipinski definition) is 5. The molecule has 1 amide bonds. The van der Waals surface area contributed by atoms with E-state index < -0.39 is 0 Å². The number of aromatic nitrogens is 1. The molecular weight excluding hydrogens is 513 g/mol. The van der Waals surface area contributed by atoms with Crippen LogP contribution in [0.1, 0.15) is 40.2 Å². The summed E-state index contributed by atoms with van der Waals surface area (Å²) in [5, 5.41) is 6.30. The summed E-state index contributed by atoms with van der Waals surface area (Å²) in [5.41, 5.74) is 3.79. The van der Waals surface area contributed by atoms with Crippen molar-refractivity contribution in [2.75, 3.05) is 39.8 Å². The molecule has 1 aromatic carbocycles. The minimum absolute atomic E-state index is 0. The van der Waals surface area contributed by atoms with E-state index >= 15 is 0 Å². The van der Waals surface area contributed by atoms with E-state index in [-0.39, 0.29) is 29.9 Å². The molecule has 1 aliphatic rings. The SMILES string of the molecule is CCNC(=NCCNC(=O)c1scnc1C)N1CCC(c2ccc(OC)cc2)C1.I. The second kappa shape index (κ2) is 12.1. The van der Waals surface area contributed by atoms with E-state index in [1.54, 1.807) is 12.6 Å². The van der Waals surface area contributed by atoms with Gasteiger partial charge in [-0.15, -0.1) is 35.3 Å². The number of likely N-dealkylation sites (tertiary alicyclic amines) is 1. The highest BCUT2D eigenvalue weighted by molar-refractivity contribution is 14.0. The maximum atomic E-state index is 12.2. The van der Waals surface area contributed by atoms with Crippen molar-refractivity contribution in [2.45, 2.75) is 26.2 Å². The number of aryl methyl sites for hydroxylation is 1. The molecule has 164 valence electrons. The summed E-state index contributed by atoms with van der Waals surface area (Å²) >= 11 is 1.36. The molecule has 0 radical (unpaired) electrons. The van der Waals surface area contributed by atoms with Crippen LogP contribution >= 0.6 is 35.3 Å². The van der Waals surface area contributed by atoms with Crippen molar-refractivity contribution in [1.82, 2.24) is 20.5 Å². The molecule has 2 heterocycles. The summed E-state index contributed by atoms with van der Waals surface area (Å²) in [6, 6.07) is 8.33. The maximum Gasteiger partial charge on any atom is 0.263 e. The van der Waals surface area contributed by atoms with Crippen molar-refractivity contribution < 1.29 is 9.53 Å². The van der Waals surface area contributed by atoms with Gasteiger partial charge in [-0.2, -0.15) is 0 Å². The lowest BCUT2D eigenvalue weighted by Gasteiger charge is -2.22. The Morgan fingerprint density at radius 1 is 1.33 bits per heavy atom. The Kier molecular flexibility index (Phi) is 9.83. The number of benzene rings is 1. The number of nitrogens with zero attached hydrogens (tertiary/aromatic N) is 3. The highest BCUT2D eigenvalue weighted by Crippen LogP contribution is 2.28. The zero-order valence-corrected chi connectivity index (χ0v) is 20.8. The zero-order chi connectivity index (χ0) is 20.6. The van der Waals surface area contributed by atoms with Crippen LogP contribution in [0, 0.1) is 6.92 Å². The van der Waals surface area contributed by atoms with E-state index in [0.29, 0.717) is 23.9 Å². The van der Waals surface area contributed by atoms with Crippen LogP contribution in [-0.4, -0.2) is 61.6 Å². The predicted molar refractivity (Wildman–Crippen MR) is 133 cm³/mol. The second-order valence-electron chi connectivity index (χ2n) is 6.96. The summed E-state index contributed by atoms with van der Waals surface area (Å²) in [6.45, 7) is 7.67. The monoisotopic (exact) mass is 543 g/mol. The fourth-order valence-electron chi connectivity index (χ4n) is 3.46. The van der Waals surface area contributed by atoms with Crippen molar-refractivity contribution in [1.29, 1.82) is 0 Å². The first kappa shape index (κ1) is 24.4. The third-order valence-electron chi connectivity index (χ3n) is 5.02. The first-order chi connectivity index (χ1) is 14.1. The van der Waals surface area contributed by atoms with E-state index in [2.05, 4.69) is 39.6 Å². The number of nitrogens with one attached hydrogen (secondary N) is 2. The van der Waals surface area contributed by atoms with Crippen molar-refractivity contribution in [3.63, 3.8) is 0 Å². The zero-order valence-electron chi connectivity index (χ0n) is 17.7. The van der Waals surface area contributed by atoms with Crippen LogP contribution in [0.2, 0.25) is 0 Å². The number of guanidine groups is 1. The average Bonchev–Trinajstić information content (AvgIpc) is 3.39. The largest absolute Gasteiger partial charge is 0.497 e. The lowest BCUT2D eigenvalue weighted by Crippen LogP contribution is -2.40. The fraction of sp³-hybridized carbons (Fsp3) is 0.476. The molecule has 1 saturated heterocycles. The molecule has 0 aliphatic carbocycles. The summed E-state index contributed by atoms with van der Waals surface area (Å²) in [7, 11) is 1.69. The molecule has 0 saturated carbocycles. The van der Waals surface area contributed by atoms with Gasteiger partial charge in [-0.25, -0.2) is 4.98 Å². The first-order valence-electron chi connectivity index (χ1n) is 9.97. The number of amides is 1. The van der Waals surface area contributed by atoms with Gasteiger partial charge in [0.05, 0.1) is 24.9 Å². The Morgan fingerprint density at radius 3 is 2.73 bits per heavy atom. The summed E-state index contributed by atoms with van der Waals surface area (Å²) < 4.78 is 5.25. The molecule has 1 fully saturated rings. The van der Waals surface area contributed by atoms with Crippen LogP contribution in [0.5, 0.6) is 5.75 Å². The maximum absolute atomic E-state index is 12.2. The van der Waals surface area contributed by atoms with Gasteiger partial charge in [0.2, 0.25) is 0 Å². The summed E-state index contributed by atoms with van der Waals surface area (Å²) in [4.78, 5) is 24.0. The minimum atomic E-state index is -0.0778. The van der Waals surface area contributed by atoms with Crippen LogP contribution < -0.4 is 15.4 Å². The number of methoxy groups -OCH3 is 1. The average molecular weight is 543 g/mol. The number of carbonyl (C=O) groups is 1. The number of aliphatic imine (C=N–C) groups is 1. The molecule has 3 rings (SSSR count). The van der Waals surface area contributed by atoms with E-state index in [9.17, 15) is 4.79 Å². The van der Waals surface area contributed by atoms with E-state index in [1.165, 1.54) is 16.9 Å². The predicted octanol–water partition coefficient (Wildman–Crippen LogP) is 3.26. The van der Waals surface area contributed by atoms with Crippen molar-refractivity contribution >= 4 is 47.2 Å². The molecule has 0 spiro atoms. The lowest BCUT2D eigenvalue weighted by atomic mass is 9.98. The van der Waals surface area contributed by atoms with Gasteiger partial charge < -0.3 is 20.3 Å². The normalized spacial score (nSPS) is 16.2. The van der Waals surface area contributed by atoms with Gasteiger partial charge in [-0.3, -0.25) is 9.79 Å². The molecule has 0 bridgehead atoms. The van der Waals surface area contributed by atoms with E-state index in [0.717, 1.165) is 43.5 Å². The van der Waals surface area contributed by atoms with Gasteiger partial charge in [-0.05, 0) is 38.0 Å². The number of ether oxygens (including phenoxy) is 1. The quantitative estimate of drug-likeness (QED) is 0.243. The molecule has 1 aromatic heterocycles. The van der Waals surface area contributed by atoms with Crippen LogP contribution in [0.4, 0.5) is 0 Å². The number of hydrogen-bond donors (Lipinski definition) is 2. The molecule has 1 unspecified atom stereocenters. The van der Waals surface area contributed by atoms with Crippen molar-refractivity contribution in [2.24, 2.45) is 4.99 Å². The lowest BCUT2D eigenvalue weighted by molar-refractivity contribution is 0.0958. The molecule has 30 heavy (non-hydrogen) atoms. The van der Waals surface area contributed by atoms with Crippen LogP contribution in [-0.2, 0) is 0 Å². The van der Waals surface area contributed by atoms with Gasteiger partial charge in [-0.1, -0.05) is 12.1 Å². The number of rotatable bonds is 7. The van der Waals surface area contributed by atoms with Gasteiger partial charge in [0, 0.05) is 32.1 Å². The molecule has 1 aliphatic heterocycles. The van der Waals surface area contributed by atoms with Gasteiger partial charge in [0.25, 0.3) is 5.91 Å². The Morgan fingerprint density at radius 2 is 2.10 bits per heavy atom. The van der Waals surface area contributed by atoms with E-state index in [1.807, 2.05) is 19.1 Å². The molecular formula is C21H30IN5O2S. The van der Waals surface area contributed by atoms with Crippen LogP contribution in [0.3, 0.4) is 0 Å². The van der Waals surface area contributed by atoms with Gasteiger partial charge in [0.15, 0.2) is 5.96 Å². The molecule has 9 heteroatoms. The van der Waals surface area contributed by atoms with Crippen LogP contribution in [0.15, 0.2) is 34.8 Å².